The van der Waals surface area contributed by atoms with E-state index in [1.807, 2.05) is 26.1 Å². The fraction of sp³-hybridized carbons (Fsp3) is 0.308. The maximum atomic E-state index is 12.2. The van der Waals surface area contributed by atoms with Gasteiger partial charge in [0.15, 0.2) is 5.13 Å². The molecule has 0 saturated heterocycles. The van der Waals surface area contributed by atoms with E-state index in [0.29, 0.717) is 5.13 Å². The lowest BCUT2D eigenvalue weighted by Crippen LogP contribution is -2.13. The van der Waals surface area contributed by atoms with Crippen molar-refractivity contribution in [2.24, 2.45) is 0 Å². The van der Waals surface area contributed by atoms with E-state index in [4.69, 9.17) is 0 Å². The highest BCUT2D eigenvalue weighted by Gasteiger charge is 2.15. The van der Waals surface area contributed by atoms with Gasteiger partial charge in [-0.2, -0.15) is 0 Å². The fourth-order valence-electron chi connectivity index (χ4n) is 1.68. The van der Waals surface area contributed by atoms with Gasteiger partial charge in [0.2, 0.25) is 0 Å². The molecule has 5 nitrogen and oxygen atoms in total. The first kappa shape index (κ1) is 15.0. The number of aromatic nitrogens is 1. The number of sulfonamides is 1. The summed E-state index contributed by atoms with van der Waals surface area (Å²) in [5.74, 6) is 0. The lowest BCUT2D eigenvalue weighted by Gasteiger charge is -2.06. The first-order valence-corrected chi connectivity index (χ1v) is 8.56. The molecule has 0 atom stereocenters. The number of thiazole rings is 1. The summed E-state index contributed by atoms with van der Waals surface area (Å²) in [6.07, 6.45) is 0.871. The summed E-state index contributed by atoms with van der Waals surface area (Å²) in [5.41, 5.74) is 1.90. The first-order valence-electron chi connectivity index (χ1n) is 6.20. The minimum Gasteiger partial charge on any atom is -0.319 e. The normalized spacial score (nSPS) is 11.5. The Kier molecular flexibility index (Phi) is 4.74. The van der Waals surface area contributed by atoms with Gasteiger partial charge in [-0.25, -0.2) is 13.4 Å². The van der Waals surface area contributed by atoms with Crippen LogP contribution < -0.4 is 10.0 Å². The number of aryl methyl sites for hydroxylation is 1. The molecule has 0 aliphatic rings. The standard InChI is InChI=1S/C13H17N3O2S2/c1-10-9-19-13(15-10)16-20(17,18)12-5-3-11(4-6-12)7-8-14-2/h3-6,9,14H,7-8H2,1-2H3,(H,15,16). The molecule has 7 heteroatoms. The number of benzene rings is 1. The maximum absolute atomic E-state index is 12.2. The number of hydrogen-bond acceptors (Lipinski definition) is 5. The number of rotatable bonds is 6. The predicted molar refractivity (Wildman–Crippen MR) is 81.7 cm³/mol. The van der Waals surface area contributed by atoms with Gasteiger partial charge in [0.25, 0.3) is 10.0 Å². The van der Waals surface area contributed by atoms with Gasteiger partial charge < -0.3 is 5.32 Å². The van der Waals surface area contributed by atoms with Crippen LogP contribution in [0.1, 0.15) is 11.3 Å². The largest absolute Gasteiger partial charge is 0.319 e. The van der Waals surface area contributed by atoms with Gasteiger partial charge in [-0.05, 0) is 44.6 Å². The van der Waals surface area contributed by atoms with E-state index in [1.165, 1.54) is 11.3 Å². The van der Waals surface area contributed by atoms with Gasteiger partial charge in [-0.3, -0.25) is 4.72 Å². The first-order chi connectivity index (χ1) is 9.51. The van der Waals surface area contributed by atoms with Crippen molar-refractivity contribution in [1.29, 1.82) is 0 Å². The highest BCUT2D eigenvalue weighted by Crippen LogP contribution is 2.20. The van der Waals surface area contributed by atoms with Crippen molar-refractivity contribution in [2.45, 2.75) is 18.2 Å². The van der Waals surface area contributed by atoms with Crippen molar-refractivity contribution >= 4 is 26.5 Å². The molecule has 2 aromatic rings. The second-order valence-electron chi connectivity index (χ2n) is 4.40. The molecule has 2 N–H and O–H groups in total. The molecular formula is C13H17N3O2S2. The monoisotopic (exact) mass is 311 g/mol. The quantitative estimate of drug-likeness (QED) is 0.856. The molecule has 1 aromatic carbocycles. The van der Waals surface area contributed by atoms with Gasteiger partial charge in [0.1, 0.15) is 0 Å². The molecule has 1 heterocycles. The molecule has 0 unspecified atom stereocenters. The van der Waals surface area contributed by atoms with Crippen molar-refractivity contribution in [3.05, 3.63) is 40.9 Å². The van der Waals surface area contributed by atoms with Crippen molar-refractivity contribution in [2.75, 3.05) is 18.3 Å². The van der Waals surface area contributed by atoms with Crippen LogP contribution >= 0.6 is 11.3 Å². The summed E-state index contributed by atoms with van der Waals surface area (Å²) >= 11 is 1.28. The van der Waals surface area contributed by atoms with E-state index in [1.54, 1.807) is 17.5 Å². The third-order valence-electron chi connectivity index (χ3n) is 2.74. The van der Waals surface area contributed by atoms with E-state index in [9.17, 15) is 8.42 Å². The fourth-order valence-corrected chi connectivity index (χ4v) is 3.62. The summed E-state index contributed by atoms with van der Waals surface area (Å²) in [4.78, 5) is 4.35. The third-order valence-corrected chi connectivity index (χ3v) is 5.10. The van der Waals surface area contributed by atoms with Crippen molar-refractivity contribution in [3.63, 3.8) is 0 Å². The van der Waals surface area contributed by atoms with Crippen LogP contribution in [0.5, 0.6) is 0 Å². The SMILES string of the molecule is CNCCc1ccc(S(=O)(=O)Nc2nc(C)cs2)cc1. The van der Waals surface area contributed by atoms with Crippen molar-refractivity contribution in [3.8, 4) is 0 Å². The molecule has 1 aromatic heterocycles. The lowest BCUT2D eigenvalue weighted by atomic mass is 10.1. The molecule has 0 aliphatic carbocycles. The van der Waals surface area contributed by atoms with E-state index < -0.39 is 10.0 Å². The number of anilines is 1. The summed E-state index contributed by atoms with van der Waals surface area (Å²) in [6, 6.07) is 6.90. The summed E-state index contributed by atoms with van der Waals surface area (Å²) < 4.78 is 26.8. The summed E-state index contributed by atoms with van der Waals surface area (Å²) in [5, 5.41) is 5.25. The summed E-state index contributed by atoms with van der Waals surface area (Å²) in [6.45, 7) is 2.69. The number of nitrogens with zero attached hydrogens (tertiary/aromatic N) is 1. The molecule has 0 aliphatic heterocycles. The van der Waals surface area contributed by atoms with E-state index >= 15 is 0 Å². The Labute approximate surface area is 123 Å². The molecule has 20 heavy (non-hydrogen) atoms. The van der Waals surface area contributed by atoms with Crippen LogP contribution in [0.3, 0.4) is 0 Å². The second kappa shape index (κ2) is 6.34. The van der Waals surface area contributed by atoms with Crippen LogP contribution in [-0.4, -0.2) is 27.0 Å². The maximum Gasteiger partial charge on any atom is 0.263 e. The van der Waals surface area contributed by atoms with Gasteiger partial charge in [-0.15, -0.1) is 11.3 Å². The minimum atomic E-state index is -3.55. The smallest absolute Gasteiger partial charge is 0.263 e. The highest BCUT2D eigenvalue weighted by molar-refractivity contribution is 7.93. The Morgan fingerprint density at radius 2 is 1.95 bits per heavy atom. The van der Waals surface area contributed by atoms with Crippen molar-refractivity contribution < 1.29 is 8.42 Å². The number of hydrogen-bond donors (Lipinski definition) is 2. The van der Waals surface area contributed by atoms with Crippen molar-refractivity contribution in [1.82, 2.24) is 10.3 Å². The van der Waals surface area contributed by atoms with Crippen LogP contribution in [0.15, 0.2) is 34.5 Å². The Morgan fingerprint density at radius 1 is 1.25 bits per heavy atom. The van der Waals surface area contributed by atoms with E-state index in [0.717, 1.165) is 24.2 Å². The average Bonchev–Trinajstić information content (AvgIpc) is 2.81. The van der Waals surface area contributed by atoms with Crippen LogP contribution in [0.25, 0.3) is 0 Å². The number of nitrogens with one attached hydrogen (secondary N) is 2. The predicted octanol–water partition coefficient (Wildman–Crippen LogP) is 2.01. The van der Waals surface area contributed by atoms with Gasteiger partial charge >= 0.3 is 0 Å². The molecule has 2 rings (SSSR count). The zero-order valence-corrected chi connectivity index (χ0v) is 13.0. The second-order valence-corrected chi connectivity index (χ2v) is 6.94. The molecule has 0 spiro atoms. The van der Waals surface area contributed by atoms with Crippen LogP contribution in [0.2, 0.25) is 0 Å². The third kappa shape index (κ3) is 3.78. The van der Waals surface area contributed by atoms with Gasteiger partial charge in [-0.1, -0.05) is 12.1 Å². The zero-order chi connectivity index (χ0) is 14.6. The molecule has 0 fully saturated rings. The molecule has 0 radical (unpaired) electrons. The average molecular weight is 311 g/mol. The molecule has 0 amide bonds. The molecular weight excluding hydrogens is 294 g/mol. The van der Waals surface area contributed by atoms with Crippen LogP contribution in [-0.2, 0) is 16.4 Å². The number of likely N-dealkylation sites (N-methyl/N-ethyl adjacent to an activating group) is 1. The highest BCUT2D eigenvalue weighted by atomic mass is 32.2. The lowest BCUT2D eigenvalue weighted by molar-refractivity contribution is 0.601. The summed E-state index contributed by atoms with van der Waals surface area (Å²) in [7, 11) is -1.67. The van der Waals surface area contributed by atoms with E-state index in [2.05, 4.69) is 15.0 Å². The Bertz CT molecular complexity index is 663. The Morgan fingerprint density at radius 3 is 2.50 bits per heavy atom. The van der Waals surface area contributed by atoms with Crippen LogP contribution in [0.4, 0.5) is 5.13 Å². The van der Waals surface area contributed by atoms with Gasteiger partial charge in [0.05, 0.1) is 10.6 Å². The van der Waals surface area contributed by atoms with E-state index in [-0.39, 0.29) is 4.90 Å². The van der Waals surface area contributed by atoms with Gasteiger partial charge in [0, 0.05) is 5.38 Å². The minimum absolute atomic E-state index is 0.249. The van der Waals surface area contributed by atoms with Crippen LogP contribution in [0, 0.1) is 6.92 Å². The zero-order valence-electron chi connectivity index (χ0n) is 11.4. The topological polar surface area (TPSA) is 71.1 Å². The Hall–Kier alpha value is -1.44. The molecule has 0 saturated carbocycles. The Balaban J connectivity index is 2.13. The molecule has 108 valence electrons. The molecule has 0 bridgehead atoms.